The van der Waals surface area contributed by atoms with E-state index in [-0.39, 0.29) is 0 Å². The topological polar surface area (TPSA) is 65.3 Å². The molecule has 2 aromatic heterocycles. The van der Waals surface area contributed by atoms with Crippen molar-refractivity contribution in [1.29, 1.82) is 0 Å². The van der Waals surface area contributed by atoms with Gasteiger partial charge < -0.3 is 14.4 Å². The number of thiazole rings is 1. The molecule has 0 N–H and O–H groups in total. The Morgan fingerprint density at radius 2 is 2.09 bits per heavy atom. The van der Waals surface area contributed by atoms with E-state index in [0.29, 0.717) is 19.9 Å². The molecule has 0 aliphatic carbocycles. The monoisotopic (exact) mass is 341 g/mol. The summed E-state index contributed by atoms with van der Waals surface area (Å²) in [6.45, 7) is 3.62. The van der Waals surface area contributed by atoms with Gasteiger partial charge in [-0.05, 0) is 0 Å². The van der Waals surface area contributed by atoms with Gasteiger partial charge in [0.25, 0.3) is 0 Å². The molecule has 2 aromatic rings. The summed E-state index contributed by atoms with van der Waals surface area (Å²) >= 11 is 3.66. The van der Waals surface area contributed by atoms with Crippen molar-refractivity contribution in [3.8, 4) is 11.4 Å². The van der Waals surface area contributed by atoms with Crippen LogP contribution in [-0.4, -0.2) is 64.9 Å². The minimum Gasteiger partial charge on any atom is -0.382 e. The molecule has 0 unspecified atom stereocenters. The fraction of sp³-hybridized carbons (Fsp3) is 0.615. The minimum absolute atomic E-state index is 0.372. The van der Waals surface area contributed by atoms with Crippen molar-refractivity contribution in [2.45, 2.75) is 6.73 Å². The normalized spacial score (nSPS) is 15.4. The second-order valence-corrected chi connectivity index (χ2v) is 6.85. The van der Waals surface area contributed by atoms with Crippen LogP contribution >= 0.6 is 23.1 Å². The Bertz CT molecular complexity index is 583. The molecular formula is C13H19N5O2S2. The van der Waals surface area contributed by atoms with Crippen LogP contribution in [0.3, 0.4) is 0 Å². The zero-order valence-electron chi connectivity index (χ0n) is 12.5. The van der Waals surface area contributed by atoms with Crippen LogP contribution in [0.2, 0.25) is 0 Å². The number of hydrogen-bond acceptors (Lipinski definition) is 8. The smallest absolute Gasteiger partial charge is 0.185 e. The van der Waals surface area contributed by atoms with E-state index >= 15 is 0 Å². The highest BCUT2D eigenvalue weighted by atomic mass is 32.2. The molecule has 0 aromatic carbocycles. The van der Waals surface area contributed by atoms with E-state index in [9.17, 15) is 0 Å². The van der Waals surface area contributed by atoms with Gasteiger partial charge in [-0.15, -0.1) is 16.4 Å². The maximum atomic E-state index is 5.42. The number of hydrogen-bond donors (Lipinski definition) is 0. The molecule has 0 spiro atoms. The van der Waals surface area contributed by atoms with Crippen molar-refractivity contribution in [2.24, 2.45) is 0 Å². The first-order valence-electron chi connectivity index (χ1n) is 7.12. The molecule has 22 heavy (non-hydrogen) atoms. The molecule has 0 radical (unpaired) electrons. The van der Waals surface area contributed by atoms with Gasteiger partial charge in [0.05, 0.1) is 19.4 Å². The fourth-order valence-corrected chi connectivity index (χ4v) is 3.84. The highest BCUT2D eigenvalue weighted by molar-refractivity contribution is 7.99. The Balaban J connectivity index is 1.59. The standard InChI is InChI=1S/C13H19N5O2S2/c1-19-4-5-20-10-18-8-11(15-16-18)12-9-22-13(14-12)17-2-6-21-7-3-17/h8-9H,2-7,10H2,1H3. The Labute approximate surface area is 137 Å². The number of thioether (sulfide) groups is 1. The van der Waals surface area contributed by atoms with Gasteiger partial charge in [-0.2, -0.15) is 11.8 Å². The molecule has 9 heteroatoms. The van der Waals surface area contributed by atoms with E-state index in [2.05, 4.69) is 20.2 Å². The van der Waals surface area contributed by atoms with Crippen molar-refractivity contribution < 1.29 is 9.47 Å². The molecule has 7 nitrogen and oxygen atoms in total. The van der Waals surface area contributed by atoms with Crippen LogP contribution < -0.4 is 4.90 Å². The lowest BCUT2D eigenvalue weighted by molar-refractivity contribution is 0.0281. The van der Waals surface area contributed by atoms with Crippen LogP contribution in [0.4, 0.5) is 5.13 Å². The van der Waals surface area contributed by atoms with Crippen molar-refractivity contribution in [3.63, 3.8) is 0 Å². The van der Waals surface area contributed by atoms with E-state index < -0.39 is 0 Å². The highest BCUT2D eigenvalue weighted by Crippen LogP contribution is 2.27. The van der Waals surface area contributed by atoms with Gasteiger partial charge in [0.1, 0.15) is 18.1 Å². The number of methoxy groups -OCH3 is 1. The molecule has 120 valence electrons. The van der Waals surface area contributed by atoms with E-state index in [1.165, 1.54) is 11.5 Å². The molecule has 1 fully saturated rings. The predicted molar refractivity (Wildman–Crippen MR) is 88.5 cm³/mol. The molecular weight excluding hydrogens is 322 g/mol. The maximum Gasteiger partial charge on any atom is 0.185 e. The first-order chi connectivity index (χ1) is 10.9. The second kappa shape index (κ2) is 7.91. The van der Waals surface area contributed by atoms with E-state index in [1.54, 1.807) is 23.1 Å². The number of ether oxygens (including phenoxy) is 2. The van der Waals surface area contributed by atoms with Crippen LogP contribution in [0.1, 0.15) is 0 Å². The molecule has 0 bridgehead atoms. The van der Waals surface area contributed by atoms with E-state index in [4.69, 9.17) is 9.47 Å². The average Bonchev–Trinajstić information content (AvgIpc) is 3.21. The van der Waals surface area contributed by atoms with Crippen LogP contribution in [0, 0.1) is 0 Å². The number of aromatic nitrogens is 4. The molecule has 0 saturated carbocycles. The molecule has 1 saturated heterocycles. The van der Waals surface area contributed by atoms with Crippen molar-refractivity contribution in [1.82, 2.24) is 20.0 Å². The van der Waals surface area contributed by atoms with Crippen LogP contribution in [0.25, 0.3) is 11.4 Å². The SMILES string of the molecule is COCCOCn1cc(-c2csc(N3CCSCC3)n2)nn1. The van der Waals surface area contributed by atoms with Gasteiger partial charge in [0, 0.05) is 37.1 Å². The molecule has 0 amide bonds. The van der Waals surface area contributed by atoms with Gasteiger partial charge in [0.2, 0.25) is 0 Å². The van der Waals surface area contributed by atoms with E-state index in [1.807, 2.05) is 23.3 Å². The summed E-state index contributed by atoms with van der Waals surface area (Å²) in [5.74, 6) is 2.34. The summed E-state index contributed by atoms with van der Waals surface area (Å²) in [4.78, 5) is 7.02. The quantitative estimate of drug-likeness (QED) is 0.708. The largest absolute Gasteiger partial charge is 0.382 e. The maximum absolute atomic E-state index is 5.42. The van der Waals surface area contributed by atoms with Crippen LogP contribution in [0.5, 0.6) is 0 Å². The summed E-state index contributed by atoms with van der Waals surface area (Å²) in [7, 11) is 1.65. The van der Waals surface area contributed by atoms with Crippen molar-refractivity contribution in [3.05, 3.63) is 11.6 Å². The Hall–Kier alpha value is -1.16. The number of nitrogens with zero attached hydrogens (tertiary/aromatic N) is 5. The summed E-state index contributed by atoms with van der Waals surface area (Å²) in [5.41, 5.74) is 1.66. The van der Waals surface area contributed by atoms with Gasteiger partial charge >= 0.3 is 0 Å². The lowest BCUT2D eigenvalue weighted by Crippen LogP contribution is -2.32. The summed E-state index contributed by atoms with van der Waals surface area (Å²) in [6.07, 6.45) is 1.86. The van der Waals surface area contributed by atoms with Crippen molar-refractivity contribution >= 4 is 28.2 Å². The molecule has 1 aliphatic rings. The van der Waals surface area contributed by atoms with Crippen molar-refractivity contribution in [2.75, 3.05) is 49.8 Å². The third-order valence-electron chi connectivity index (χ3n) is 3.23. The number of rotatable bonds is 7. The predicted octanol–water partition coefficient (Wildman–Crippen LogP) is 1.58. The zero-order chi connectivity index (χ0) is 15.2. The molecule has 3 heterocycles. The minimum atomic E-state index is 0.372. The Kier molecular flexibility index (Phi) is 5.65. The first kappa shape index (κ1) is 15.7. The first-order valence-corrected chi connectivity index (χ1v) is 9.15. The average molecular weight is 341 g/mol. The van der Waals surface area contributed by atoms with Gasteiger partial charge in [-0.3, -0.25) is 0 Å². The second-order valence-electron chi connectivity index (χ2n) is 4.79. The van der Waals surface area contributed by atoms with Gasteiger partial charge in [-0.25, -0.2) is 9.67 Å². The van der Waals surface area contributed by atoms with E-state index in [0.717, 1.165) is 29.6 Å². The van der Waals surface area contributed by atoms with Gasteiger partial charge in [0.15, 0.2) is 5.13 Å². The summed E-state index contributed by atoms with van der Waals surface area (Å²) in [5, 5.41) is 11.3. The zero-order valence-corrected chi connectivity index (χ0v) is 14.1. The lowest BCUT2D eigenvalue weighted by atomic mass is 10.4. The van der Waals surface area contributed by atoms with Crippen LogP contribution in [0.15, 0.2) is 11.6 Å². The summed E-state index contributed by atoms with van der Waals surface area (Å²) in [6, 6.07) is 0. The molecule has 0 atom stereocenters. The third-order valence-corrected chi connectivity index (χ3v) is 5.07. The number of anilines is 1. The fourth-order valence-electron chi connectivity index (χ4n) is 2.06. The molecule has 3 rings (SSSR count). The Morgan fingerprint density at radius 3 is 2.91 bits per heavy atom. The Morgan fingerprint density at radius 1 is 1.23 bits per heavy atom. The lowest BCUT2D eigenvalue weighted by Gasteiger charge is -2.25. The molecule has 1 aliphatic heterocycles. The van der Waals surface area contributed by atoms with Gasteiger partial charge in [-0.1, -0.05) is 5.21 Å². The summed E-state index contributed by atoms with van der Waals surface area (Å²) < 4.78 is 12.0. The third kappa shape index (κ3) is 3.97. The highest BCUT2D eigenvalue weighted by Gasteiger charge is 2.16. The van der Waals surface area contributed by atoms with Crippen LogP contribution in [-0.2, 0) is 16.2 Å².